The van der Waals surface area contributed by atoms with Gasteiger partial charge in [0.25, 0.3) is 11.5 Å². The predicted molar refractivity (Wildman–Crippen MR) is 58.7 cm³/mol. The second-order valence-electron chi connectivity index (χ2n) is 4.08. The van der Waals surface area contributed by atoms with Crippen LogP contribution in [-0.4, -0.2) is 39.5 Å². The zero-order chi connectivity index (χ0) is 12.6. The summed E-state index contributed by atoms with van der Waals surface area (Å²) in [5.41, 5.74) is -0.282. The van der Waals surface area contributed by atoms with E-state index >= 15 is 0 Å². The van der Waals surface area contributed by atoms with Crippen LogP contribution in [0.5, 0.6) is 0 Å². The molecule has 0 unspecified atom stereocenters. The number of carbonyl (C=O) groups is 2. The Kier molecular flexibility index (Phi) is 2.71. The number of pyridine rings is 1. The highest BCUT2D eigenvalue weighted by atomic mass is 16.4. The number of carboxylic acids is 1. The molecule has 1 aromatic heterocycles. The minimum Gasteiger partial charge on any atom is -0.481 e. The van der Waals surface area contributed by atoms with Gasteiger partial charge in [-0.3, -0.25) is 14.4 Å². The first-order valence-corrected chi connectivity index (χ1v) is 5.18. The van der Waals surface area contributed by atoms with E-state index in [0.29, 0.717) is 0 Å². The van der Waals surface area contributed by atoms with Crippen LogP contribution in [0, 0.1) is 5.92 Å². The van der Waals surface area contributed by atoms with E-state index in [1.807, 2.05) is 0 Å². The monoisotopic (exact) mass is 236 g/mol. The molecule has 1 aliphatic rings. The third kappa shape index (κ3) is 1.93. The van der Waals surface area contributed by atoms with E-state index in [1.165, 1.54) is 15.5 Å². The van der Waals surface area contributed by atoms with Gasteiger partial charge in [0.05, 0.1) is 5.92 Å². The van der Waals surface area contributed by atoms with Crippen molar-refractivity contribution in [2.24, 2.45) is 13.0 Å². The van der Waals surface area contributed by atoms with E-state index < -0.39 is 17.8 Å². The molecule has 1 saturated heterocycles. The van der Waals surface area contributed by atoms with Gasteiger partial charge >= 0.3 is 5.97 Å². The summed E-state index contributed by atoms with van der Waals surface area (Å²) in [6, 6.07) is 3.07. The Morgan fingerprint density at radius 1 is 1.41 bits per heavy atom. The van der Waals surface area contributed by atoms with Crippen molar-refractivity contribution in [1.29, 1.82) is 0 Å². The van der Waals surface area contributed by atoms with Crippen LogP contribution in [0.4, 0.5) is 0 Å². The third-order valence-electron chi connectivity index (χ3n) is 2.87. The maximum atomic E-state index is 11.9. The van der Waals surface area contributed by atoms with Crippen LogP contribution < -0.4 is 5.56 Å². The summed E-state index contributed by atoms with van der Waals surface area (Å²) in [5, 5.41) is 8.70. The van der Waals surface area contributed by atoms with Crippen molar-refractivity contribution in [3.63, 3.8) is 0 Å². The highest BCUT2D eigenvalue weighted by Gasteiger charge is 2.36. The summed E-state index contributed by atoms with van der Waals surface area (Å²) in [5.74, 6) is -1.81. The largest absolute Gasteiger partial charge is 0.481 e. The molecule has 1 aromatic rings. The predicted octanol–water partition coefficient (Wildman–Crippen LogP) is -0.458. The number of likely N-dealkylation sites (tertiary alicyclic amines) is 1. The van der Waals surface area contributed by atoms with E-state index in [0.717, 1.165) is 0 Å². The summed E-state index contributed by atoms with van der Waals surface area (Å²) in [7, 11) is 1.56. The molecule has 0 bridgehead atoms. The molecular weight excluding hydrogens is 224 g/mol. The van der Waals surface area contributed by atoms with Crippen molar-refractivity contribution in [1.82, 2.24) is 9.47 Å². The Balaban J connectivity index is 2.15. The van der Waals surface area contributed by atoms with Crippen molar-refractivity contribution in [3.05, 3.63) is 34.2 Å². The van der Waals surface area contributed by atoms with Gasteiger partial charge in [-0.25, -0.2) is 0 Å². The number of carbonyl (C=O) groups excluding carboxylic acids is 1. The number of hydrogen-bond acceptors (Lipinski definition) is 3. The van der Waals surface area contributed by atoms with Gasteiger partial charge in [0.2, 0.25) is 0 Å². The Labute approximate surface area is 97.1 Å². The van der Waals surface area contributed by atoms with Gasteiger partial charge in [-0.05, 0) is 12.1 Å². The fourth-order valence-corrected chi connectivity index (χ4v) is 1.73. The average Bonchev–Trinajstić information content (AvgIpc) is 2.19. The van der Waals surface area contributed by atoms with Crippen molar-refractivity contribution < 1.29 is 14.7 Å². The SMILES string of the molecule is Cn1cccc(C(=O)N2CC(C(=O)O)C2)c1=O. The molecule has 90 valence electrons. The lowest BCUT2D eigenvalue weighted by molar-refractivity contribution is -0.146. The van der Waals surface area contributed by atoms with Gasteiger partial charge in [-0.2, -0.15) is 0 Å². The van der Waals surface area contributed by atoms with E-state index in [4.69, 9.17) is 5.11 Å². The fraction of sp³-hybridized carbons (Fsp3) is 0.364. The Hall–Kier alpha value is -2.11. The number of nitrogens with zero attached hydrogens (tertiary/aromatic N) is 2. The lowest BCUT2D eigenvalue weighted by Crippen LogP contribution is -2.54. The number of hydrogen-bond donors (Lipinski definition) is 1. The molecule has 17 heavy (non-hydrogen) atoms. The molecule has 0 saturated carbocycles. The summed E-state index contributed by atoms with van der Waals surface area (Å²) in [6.45, 7) is 0.346. The van der Waals surface area contributed by atoms with Crippen LogP contribution in [-0.2, 0) is 11.8 Å². The van der Waals surface area contributed by atoms with Gasteiger partial charge < -0.3 is 14.6 Å². The van der Waals surface area contributed by atoms with Gasteiger partial charge in [0.1, 0.15) is 5.56 Å². The van der Waals surface area contributed by atoms with E-state index in [2.05, 4.69) is 0 Å². The van der Waals surface area contributed by atoms with E-state index in [1.54, 1.807) is 19.3 Å². The quantitative estimate of drug-likeness (QED) is 0.753. The number of amides is 1. The van der Waals surface area contributed by atoms with Crippen LogP contribution in [0.3, 0.4) is 0 Å². The third-order valence-corrected chi connectivity index (χ3v) is 2.87. The number of aromatic nitrogens is 1. The van der Waals surface area contributed by atoms with Gasteiger partial charge in [-0.15, -0.1) is 0 Å². The second kappa shape index (κ2) is 4.04. The highest BCUT2D eigenvalue weighted by molar-refractivity contribution is 5.95. The second-order valence-corrected chi connectivity index (χ2v) is 4.08. The molecule has 2 rings (SSSR count). The zero-order valence-corrected chi connectivity index (χ0v) is 9.29. The molecule has 0 radical (unpaired) electrons. The Morgan fingerprint density at radius 2 is 2.06 bits per heavy atom. The molecule has 0 atom stereocenters. The van der Waals surface area contributed by atoms with Gasteiger partial charge in [0, 0.05) is 26.3 Å². The standard InChI is InChI=1S/C11H12N2O4/c1-12-4-2-3-8(9(12)14)10(15)13-5-7(6-13)11(16)17/h2-4,7H,5-6H2,1H3,(H,16,17). The number of carboxylic acid groups (broad SMARTS) is 1. The van der Waals surface area contributed by atoms with Crippen molar-refractivity contribution in [2.75, 3.05) is 13.1 Å². The summed E-state index contributed by atoms with van der Waals surface area (Å²) >= 11 is 0. The van der Waals surface area contributed by atoms with Crippen LogP contribution in [0.1, 0.15) is 10.4 Å². The van der Waals surface area contributed by atoms with Crippen molar-refractivity contribution >= 4 is 11.9 Å². The lowest BCUT2D eigenvalue weighted by atomic mass is 9.99. The first-order valence-electron chi connectivity index (χ1n) is 5.18. The summed E-state index contributed by atoms with van der Waals surface area (Å²) < 4.78 is 1.32. The van der Waals surface area contributed by atoms with Crippen molar-refractivity contribution in [3.8, 4) is 0 Å². The number of aryl methyl sites for hydroxylation is 1. The molecular formula is C11H12N2O4. The van der Waals surface area contributed by atoms with E-state index in [-0.39, 0.29) is 24.2 Å². The molecule has 0 spiro atoms. The number of rotatable bonds is 2. The first kappa shape index (κ1) is 11.4. The smallest absolute Gasteiger partial charge is 0.310 e. The minimum atomic E-state index is -0.907. The lowest BCUT2D eigenvalue weighted by Gasteiger charge is -2.36. The molecule has 1 amide bonds. The van der Waals surface area contributed by atoms with Crippen LogP contribution >= 0.6 is 0 Å². The van der Waals surface area contributed by atoms with Crippen LogP contribution in [0.25, 0.3) is 0 Å². The zero-order valence-electron chi connectivity index (χ0n) is 9.29. The van der Waals surface area contributed by atoms with Crippen LogP contribution in [0.15, 0.2) is 23.1 Å². The minimum absolute atomic E-state index is 0.0823. The molecule has 2 heterocycles. The number of aliphatic carboxylic acids is 1. The van der Waals surface area contributed by atoms with E-state index in [9.17, 15) is 14.4 Å². The fourth-order valence-electron chi connectivity index (χ4n) is 1.73. The molecule has 1 N–H and O–H groups in total. The maximum absolute atomic E-state index is 11.9. The molecule has 6 heteroatoms. The molecule has 1 aliphatic heterocycles. The average molecular weight is 236 g/mol. The molecule has 6 nitrogen and oxygen atoms in total. The highest BCUT2D eigenvalue weighted by Crippen LogP contribution is 2.17. The van der Waals surface area contributed by atoms with Gasteiger partial charge in [-0.1, -0.05) is 0 Å². The van der Waals surface area contributed by atoms with Crippen LogP contribution in [0.2, 0.25) is 0 Å². The molecule has 0 aliphatic carbocycles. The summed E-state index contributed by atoms with van der Waals surface area (Å²) in [6.07, 6.45) is 1.56. The topological polar surface area (TPSA) is 79.6 Å². The Bertz CT molecular complexity index is 529. The molecule has 0 aromatic carbocycles. The normalized spacial score (nSPS) is 15.5. The van der Waals surface area contributed by atoms with Gasteiger partial charge in [0.15, 0.2) is 0 Å². The van der Waals surface area contributed by atoms with Crippen molar-refractivity contribution in [2.45, 2.75) is 0 Å². The Morgan fingerprint density at radius 3 is 2.65 bits per heavy atom. The molecule has 1 fully saturated rings. The maximum Gasteiger partial charge on any atom is 0.310 e. The summed E-state index contributed by atoms with van der Waals surface area (Å²) in [4.78, 5) is 35.5. The first-order chi connectivity index (χ1) is 8.00.